The SMILES string of the molecule is COC[C@@H]1CN(C)c2c(C)cccc2O1. The van der Waals surface area contributed by atoms with Crippen LogP contribution in [-0.2, 0) is 4.74 Å². The van der Waals surface area contributed by atoms with Gasteiger partial charge < -0.3 is 14.4 Å². The van der Waals surface area contributed by atoms with E-state index in [0.29, 0.717) is 6.61 Å². The predicted octanol–water partition coefficient (Wildman–Crippen LogP) is 1.84. The smallest absolute Gasteiger partial charge is 0.143 e. The van der Waals surface area contributed by atoms with Crippen LogP contribution in [0.3, 0.4) is 0 Å². The van der Waals surface area contributed by atoms with Crippen molar-refractivity contribution in [1.82, 2.24) is 0 Å². The zero-order chi connectivity index (χ0) is 10.8. The summed E-state index contributed by atoms with van der Waals surface area (Å²) in [7, 11) is 3.80. The summed E-state index contributed by atoms with van der Waals surface area (Å²) in [5.74, 6) is 0.964. The normalized spacial score (nSPS) is 19.7. The van der Waals surface area contributed by atoms with E-state index < -0.39 is 0 Å². The summed E-state index contributed by atoms with van der Waals surface area (Å²) in [5, 5.41) is 0. The Bertz CT molecular complexity index is 351. The lowest BCUT2D eigenvalue weighted by molar-refractivity contribution is 0.0800. The Labute approximate surface area is 90.6 Å². The molecule has 0 saturated carbocycles. The highest BCUT2D eigenvalue weighted by Gasteiger charge is 2.24. The number of likely N-dealkylation sites (N-methyl/N-ethyl adjacent to an activating group) is 1. The number of nitrogens with zero attached hydrogens (tertiary/aromatic N) is 1. The van der Waals surface area contributed by atoms with E-state index in [1.807, 2.05) is 12.1 Å². The number of benzene rings is 1. The minimum Gasteiger partial charge on any atom is -0.484 e. The van der Waals surface area contributed by atoms with E-state index in [1.54, 1.807) is 7.11 Å². The minimum absolute atomic E-state index is 0.134. The summed E-state index contributed by atoms with van der Waals surface area (Å²) in [6.45, 7) is 3.62. The molecule has 1 aromatic rings. The summed E-state index contributed by atoms with van der Waals surface area (Å²) in [6, 6.07) is 6.15. The summed E-state index contributed by atoms with van der Waals surface area (Å²) >= 11 is 0. The molecule has 3 nitrogen and oxygen atoms in total. The molecule has 1 aromatic carbocycles. The number of aryl methyl sites for hydroxylation is 1. The molecule has 0 fully saturated rings. The number of ether oxygens (including phenoxy) is 2. The van der Waals surface area contributed by atoms with Crippen LogP contribution in [0, 0.1) is 6.92 Å². The fraction of sp³-hybridized carbons (Fsp3) is 0.500. The van der Waals surface area contributed by atoms with Crippen LogP contribution in [0.4, 0.5) is 5.69 Å². The van der Waals surface area contributed by atoms with Gasteiger partial charge in [-0.05, 0) is 18.6 Å². The topological polar surface area (TPSA) is 21.7 Å². The van der Waals surface area contributed by atoms with Gasteiger partial charge in [0.05, 0.1) is 18.8 Å². The lowest BCUT2D eigenvalue weighted by Gasteiger charge is -2.34. The van der Waals surface area contributed by atoms with Crippen molar-refractivity contribution in [2.24, 2.45) is 0 Å². The van der Waals surface area contributed by atoms with Gasteiger partial charge in [0.25, 0.3) is 0 Å². The van der Waals surface area contributed by atoms with Crippen LogP contribution in [0.25, 0.3) is 0 Å². The van der Waals surface area contributed by atoms with E-state index in [-0.39, 0.29) is 6.10 Å². The van der Waals surface area contributed by atoms with Crippen LogP contribution in [0.2, 0.25) is 0 Å². The average Bonchev–Trinajstić information content (AvgIpc) is 2.17. The van der Waals surface area contributed by atoms with Gasteiger partial charge in [-0.3, -0.25) is 0 Å². The number of para-hydroxylation sites is 1. The molecule has 2 rings (SSSR count). The van der Waals surface area contributed by atoms with Crippen molar-refractivity contribution in [3.8, 4) is 5.75 Å². The molecule has 0 bridgehead atoms. The molecule has 1 heterocycles. The highest BCUT2D eigenvalue weighted by molar-refractivity contribution is 5.64. The maximum atomic E-state index is 5.86. The van der Waals surface area contributed by atoms with E-state index >= 15 is 0 Å². The third-order valence-corrected chi connectivity index (χ3v) is 2.71. The Morgan fingerprint density at radius 1 is 1.53 bits per heavy atom. The first-order valence-electron chi connectivity index (χ1n) is 5.18. The Morgan fingerprint density at radius 3 is 3.07 bits per heavy atom. The Morgan fingerprint density at radius 2 is 2.33 bits per heavy atom. The van der Waals surface area contributed by atoms with E-state index in [1.165, 1.54) is 11.3 Å². The van der Waals surface area contributed by atoms with Crippen molar-refractivity contribution in [3.63, 3.8) is 0 Å². The summed E-state index contributed by atoms with van der Waals surface area (Å²) in [6.07, 6.45) is 0.134. The van der Waals surface area contributed by atoms with Crippen molar-refractivity contribution in [2.75, 3.05) is 32.2 Å². The molecule has 1 atom stereocenters. The van der Waals surface area contributed by atoms with Crippen LogP contribution < -0.4 is 9.64 Å². The second-order valence-corrected chi connectivity index (χ2v) is 4.00. The quantitative estimate of drug-likeness (QED) is 0.738. The molecule has 82 valence electrons. The maximum Gasteiger partial charge on any atom is 0.143 e. The Balaban J connectivity index is 2.28. The lowest BCUT2D eigenvalue weighted by atomic mass is 10.1. The first-order chi connectivity index (χ1) is 7.22. The molecule has 0 radical (unpaired) electrons. The predicted molar refractivity (Wildman–Crippen MR) is 60.7 cm³/mol. The zero-order valence-corrected chi connectivity index (χ0v) is 9.49. The molecule has 0 aliphatic carbocycles. The maximum absolute atomic E-state index is 5.86. The highest BCUT2D eigenvalue weighted by Crippen LogP contribution is 2.35. The number of rotatable bonds is 2. The van der Waals surface area contributed by atoms with Crippen molar-refractivity contribution >= 4 is 5.69 Å². The molecular formula is C12H17NO2. The van der Waals surface area contributed by atoms with E-state index in [9.17, 15) is 0 Å². The minimum atomic E-state index is 0.134. The third-order valence-electron chi connectivity index (χ3n) is 2.71. The Hall–Kier alpha value is -1.22. The molecule has 0 unspecified atom stereocenters. The fourth-order valence-corrected chi connectivity index (χ4v) is 2.10. The number of hydrogen-bond donors (Lipinski definition) is 0. The molecule has 0 N–H and O–H groups in total. The second kappa shape index (κ2) is 4.11. The van der Waals surface area contributed by atoms with Crippen LogP contribution in [0.5, 0.6) is 5.75 Å². The molecule has 15 heavy (non-hydrogen) atoms. The number of methoxy groups -OCH3 is 1. The summed E-state index contributed by atoms with van der Waals surface area (Å²) < 4.78 is 11.0. The van der Waals surface area contributed by atoms with Gasteiger partial charge in [-0.1, -0.05) is 12.1 Å². The number of fused-ring (bicyclic) bond motifs is 1. The van der Waals surface area contributed by atoms with Gasteiger partial charge in [0.2, 0.25) is 0 Å². The number of anilines is 1. The fourth-order valence-electron chi connectivity index (χ4n) is 2.10. The van der Waals surface area contributed by atoms with Gasteiger partial charge in [-0.25, -0.2) is 0 Å². The van der Waals surface area contributed by atoms with Gasteiger partial charge in [0, 0.05) is 14.2 Å². The van der Waals surface area contributed by atoms with Crippen LogP contribution in [0.15, 0.2) is 18.2 Å². The first-order valence-corrected chi connectivity index (χ1v) is 5.18. The van der Waals surface area contributed by atoms with Gasteiger partial charge >= 0.3 is 0 Å². The molecule has 1 aliphatic rings. The van der Waals surface area contributed by atoms with Gasteiger partial charge in [-0.15, -0.1) is 0 Å². The van der Waals surface area contributed by atoms with Crippen LogP contribution in [0.1, 0.15) is 5.56 Å². The first kappa shape index (κ1) is 10.3. The highest BCUT2D eigenvalue weighted by atomic mass is 16.5. The van der Waals surface area contributed by atoms with Gasteiger partial charge in [0.15, 0.2) is 0 Å². The zero-order valence-electron chi connectivity index (χ0n) is 9.49. The standard InChI is InChI=1S/C12H17NO2/c1-9-5-4-6-11-12(9)13(2)7-10(15-11)8-14-3/h4-6,10H,7-8H2,1-3H3/t10-/m0/s1. The second-order valence-electron chi connectivity index (χ2n) is 4.00. The largest absolute Gasteiger partial charge is 0.484 e. The molecule has 0 aromatic heterocycles. The molecule has 1 aliphatic heterocycles. The molecule has 3 heteroatoms. The molecular weight excluding hydrogens is 190 g/mol. The summed E-state index contributed by atoms with van der Waals surface area (Å²) in [4.78, 5) is 2.23. The summed E-state index contributed by atoms with van der Waals surface area (Å²) in [5.41, 5.74) is 2.45. The van der Waals surface area contributed by atoms with Gasteiger partial charge in [-0.2, -0.15) is 0 Å². The van der Waals surface area contributed by atoms with Crippen LogP contribution >= 0.6 is 0 Å². The van der Waals surface area contributed by atoms with Crippen molar-refractivity contribution in [1.29, 1.82) is 0 Å². The average molecular weight is 207 g/mol. The van der Waals surface area contributed by atoms with Gasteiger partial charge in [0.1, 0.15) is 11.9 Å². The van der Waals surface area contributed by atoms with Crippen LogP contribution in [-0.4, -0.2) is 33.4 Å². The van der Waals surface area contributed by atoms with E-state index in [4.69, 9.17) is 9.47 Å². The van der Waals surface area contributed by atoms with E-state index in [0.717, 1.165) is 12.3 Å². The van der Waals surface area contributed by atoms with E-state index in [2.05, 4.69) is 24.9 Å². The molecule has 0 amide bonds. The van der Waals surface area contributed by atoms with Crippen molar-refractivity contribution < 1.29 is 9.47 Å². The molecule has 0 spiro atoms. The van der Waals surface area contributed by atoms with Crippen molar-refractivity contribution in [2.45, 2.75) is 13.0 Å². The molecule has 0 saturated heterocycles. The Kier molecular flexibility index (Phi) is 2.82. The number of hydrogen-bond acceptors (Lipinski definition) is 3. The third kappa shape index (κ3) is 1.92. The van der Waals surface area contributed by atoms with Crippen molar-refractivity contribution in [3.05, 3.63) is 23.8 Å². The lowest BCUT2D eigenvalue weighted by Crippen LogP contribution is -2.40. The monoisotopic (exact) mass is 207 g/mol.